The first kappa shape index (κ1) is 14.6. The maximum absolute atomic E-state index is 11.1. The lowest BCUT2D eigenvalue weighted by atomic mass is 9.71. The molecule has 1 aliphatic carbocycles. The van der Waals surface area contributed by atoms with Crippen LogP contribution in [0.2, 0.25) is 0 Å². The van der Waals surface area contributed by atoms with E-state index in [1.165, 1.54) is 18.7 Å². The summed E-state index contributed by atoms with van der Waals surface area (Å²) in [5.41, 5.74) is 6.21. The van der Waals surface area contributed by atoms with Crippen LogP contribution < -0.4 is 10.5 Å². The van der Waals surface area contributed by atoms with Crippen molar-refractivity contribution in [1.29, 1.82) is 0 Å². The van der Waals surface area contributed by atoms with Gasteiger partial charge in [-0.05, 0) is 36.7 Å². The molecule has 1 aromatic heterocycles. The smallest absolute Gasteiger partial charge is 0.338 e. The molecular weight excluding hydrogens is 256 g/mol. The van der Waals surface area contributed by atoms with Crippen LogP contribution in [0.25, 0.3) is 0 Å². The first-order valence-electron chi connectivity index (χ1n) is 6.93. The highest BCUT2D eigenvalue weighted by molar-refractivity contribution is 5.94. The van der Waals surface area contributed by atoms with Crippen molar-refractivity contribution in [2.75, 3.05) is 5.73 Å². The molecule has 1 aromatic rings. The second kappa shape index (κ2) is 5.31. The summed E-state index contributed by atoms with van der Waals surface area (Å²) in [6, 6.07) is 1.39. The Morgan fingerprint density at radius 3 is 2.80 bits per heavy atom. The van der Waals surface area contributed by atoms with Crippen LogP contribution in [-0.2, 0) is 0 Å². The molecule has 1 saturated carbocycles. The topological polar surface area (TPSA) is 85.4 Å². The molecule has 5 nitrogen and oxygen atoms in total. The molecule has 2 atom stereocenters. The summed E-state index contributed by atoms with van der Waals surface area (Å²) in [4.78, 5) is 15.1. The number of aromatic nitrogens is 1. The van der Waals surface area contributed by atoms with Crippen LogP contribution in [0.1, 0.15) is 50.4 Å². The molecule has 5 heteroatoms. The van der Waals surface area contributed by atoms with Crippen molar-refractivity contribution in [2.45, 2.75) is 46.1 Å². The maximum Gasteiger partial charge on any atom is 0.338 e. The molecule has 3 N–H and O–H groups in total. The molecule has 110 valence electrons. The van der Waals surface area contributed by atoms with Crippen LogP contribution in [0, 0.1) is 11.3 Å². The fraction of sp³-hybridized carbons (Fsp3) is 0.600. The molecule has 1 aliphatic rings. The van der Waals surface area contributed by atoms with Gasteiger partial charge in [0.15, 0.2) is 0 Å². The Balaban J connectivity index is 2.18. The molecule has 0 amide bonds. The van der Waals surface area contributed by atoms with Gasteiger partial charge in [-0.2, -0.15) is 0 Å². The van der Waals surface area contributed by atoms with Crippen molar-refractivity contribution in [3.8, 4) is 5.88 Å². The van der Waals surface area contributed by atoms with Crippen molar-refractivity contribution in [3.63, 3.8) is 0 Å². The number of nitrogen functional groups attached to an aromatic ring is 1. The summed E-state index contributed by atoms with van der Waals surface area (Å²) >= 11 is 0. The number of anilines is 1. The zero-order valence-corrected chi connectivity index (χ0v) is 12.2. The van der Waals surface area contributed by atoms with Crippen molar-refractivity contribution in [2.24, 2.45) is 11.3 Å². The van der Waals surface area contributed by atoms with Gasteiger partial charge in [0.05, 0.1) is 5.56 Å². The molecule has 2 rings (SSSR count). The van der Waals surface area contributed by atoms with Crippen LogP contribution in [0.3, 0.4) is 0 Å². The van der Waals surface area contributed by atoms with Gasteiger partial charge in [0.2, 0.25) is 5.88 Å². The normalized spacial score (nSPS) is 25.1. The van der Waals surface area contributed by atoms with E-state index in [0.29, 0.717) is 5.92 Å². The molecule has 1 heterocycles. The van der Waals surface area contributed by atoms with Crippen LogP contribution in [0.5, 0.6) is 5.88 Å². The molecule has 0 aliphatic heterocycles. The molecule has 0 spiro atoms. The summed E-state index contributed by atoms with van der Waals surface area (Å²) < 4.78 is 5.88. The maximum atomic E-state index is 11.1. The Bertz CT molecular complexity index is 514. The summed E-state index contributed by atoms with van der Waals surface area (Å²) in [5.74, 6) is -0.250. The first-order chi connectivity index (χ1) is 9.28. The quantitative estimate of drug-likeness (QED) is 0.887. The van der Waals surface area contributed by atoms with Crippen LogP contribution in [0.4, 0.5) is 5.69 Å². The third kappa shape index (κ3) is 3.21. The summed E-state index contributed by atoms with van der Waals surface area (Å²) in [7, 11) is 0. The Hall–Kier alpha value is -1.78. The van der Waals surface area contributed by atoms with Gasteiger partial charge in [0.25, 0.3) is 0 Å². The van der Waals surface area contributed by atoms with Gasteiger partial charge in [-0.25, -0.2) is 9.78 Å². The highest BCUT2D eigenvalue weighted by atomic mass is 16.5. The molecule has 2 unspecified atom stereocenters. The number of nitrogens with zero attached hydrogens (tertiary/aromatic N) is 1. The molecular formula is C15H22N2O3. The lowest BCUT2D eigenvalue weighted by molar-refractivity contribution is 0.0533. The number of rotatable bonds is 3. The zero-order valence-electron chi connectivity index (χ0n) is 12.2. The fourth-order valence-electron chi connectivity index (χ4n) is 3.24. The lowest BCUT2D eigenvalue weighted by Crippen LogP contribution is -2.34. The number of hydrogen-bond acceptors (Lipinski definition) is 4. The largest absolute Gasteiger partial charge is 0.478 e. The van der Waals surface area contributed by atoms with Gasteiger partial charge in [-0.1, -0.05) is 20.8 Å². The number of carboxylic acids is 1. The number of ether oxygens (including phenoxy) is 1. The minimum Gasteiger partial charge on any atom is -0.478 e. The van der Waals surface area contributed by atoms with Crippen LogP contribution in [0.15, 0.2) is 12.3 Å². The summed E-state index contributed by atoms with van der Waals surface area (Å²) in [6.45, 7) is 6.66. The van der Waals surface area contributed by atoms with E-state index in [-0.39, 0.29) is 28.6 Å². The highest BCUT2D eigenvalue weighted by Gasteiger charge is 2.33. The van der Waals surface area contributed by atoms with E-state index < -0.39 is 5.97 Å². The van der Waals surface area contributed by atoms with Gasteiger partial charge in [0.1, 0.15) is 11.8 Å². The number of nitrogens with two attached hydrogens (primary N) is 1. The number of hydrogen-bond donors (Lipinski definition) is 2. The second-order valence-corrected chi connectivity index (χ2v) is 6.54. The third-order valence-electron chi connectivity index (χ3n) is 3.81. The van der Waals surface area contributed by atoms with E-state index in [9.17, 15) is 4.79 Å². The average molecular weight is 278 g/mol. The summed E-state index contributed by atoms with van der Waals surface area (Å²) in [6.07, 6.45) is 4.50. The Labute approximate surface area is 119 Å². The second-order valence-electron chi connectivity index (χ2n) is 6.54. The third-order valence-corrected chi connectivity index (χ3v) is 3.81. The first-order valence-corrected chi connectivity index (χ1v) is 6.93. The molecule has 0 aromatic carbocycles. The zero-order chi connectivity index (χ0) is 14.9. The van der Waals surface area contributed by atoms with E-state index in [4.69, 9.17) is 15.6 Å². The van der Waals surface area contributed by atoms with Crippen molar-refractivity contribution < 1.29 is 14.6 Å². The number of pyridine rings is 1. The lowest BCUT2D eigenvalue weighted by Gasteiger charge is -2.38. The standard InChI is InChI=1S/C15H22N2O3/c1-9-6-10(8-15(2,3)7-9)20-13-12(16)11(14(18)19)4-5-17-13/h4-5,9-10H,6-8,16H2,1-3H3,(H,18,19). The van der Waals surface area contributed by atoms with E-state index in [2.05, 4.69) is 25.8 Å². The molecule has 0 bridgehead atoms. The highest BCUT2D eigenvalue weighted by Crippen LogP contribution is 2.40. The van der Waals surface area contributed by atoms with Gasteiger partial charge >= 0.3 is 5.97 Å². The van der Waals surface area contributed by atoms with Gasteiger partial charge < -0.3 is 15.6 Å². The minimum atomic E-state index is -1.06. The Kier molecular flexibility index (Phi) is 3.88. The van der Waals surface area contributed by atoms with E-state index in [1.807, 2.05) is 0 Å². The number of carbonyl (C=O) groups is 1. The van der Waals surface area contributed by atoms with Crippen molar-refractivity contribution >= 4 is 11.7 Å². The molecule has 20 heavy (non-hydrogen) atoms. The fourth-order valence-corrected chi connectivity index (χ4v) is 3.24. The van der Waals surface area contributed by atoms with E-state index >= 15 is 0 Å². The van der Waals surface area contributed by atoms with E-state index in [1.54, 1.807) is 0 Å². The Morgan fingerprint density at radius 1 is 1.50 bits per heavy atom. The van der Waals surface area contributed by atoms with Crippen molar-refractivity contribution in [1.82, 2.24) is 4.98 Å². The van der Waals surface area contributed by atoms with Gasteiger partial charge in [0, 0.05) is 6.20 Å². The minimum absolute atomic E-state index is 0.0348. The van der Waals surface area contributed by atoms with Gasteiger partial charge in [-0.15, -0.1) is 0 Å². The van der Waals surface area contributed by atoms with Gasteiger partial charge in [-0.3, -0.25) is 0 Å². The van der Waals surface area contributed by atoms with E-state index in [0.717, 1.165) is 12.8 Å². The molecule has 0 saturated heterocycles. The number of carboxylic acid groups (broad SMARTS) is 1. The molecule has 0 radical (unpaired) electrons. The number of aromatic carboxylic acids is 1. The van der Waals surface area contributed by atoms with Crippen molar-refractivity contribution in [3.05, 3.63) is 17.8 Å². The predicted octanol–water partition coefficient (Wildman–Crippen LogP) is 2.96. The molecule has 1 fully saturated rings. The SMILES string of the molecule is CC1CC(Oc2nccc(C(=O)O)c2N)CC(C)(C)C1. The predicted molar refractivity (Wildman–Crippen MR) is 76.8 cm³/mol. The summed E-state index contributed by atoms with van der Waals surface area (Å²) in [5, 5.41) is 9.06. The monoisotopic (exact) mass is 278 g/mol. The van der Waals surface area contributed by atoms with Crippen LogP contribution >= 0.6 is 0 Å². The Morgan fingerprint density at radius 2 is 2.20 bits per heavy atom. The van der Waals surface area contributed by atoms with Crippen LogP contribution in [-0.4, -0.2) is 22.2 Å². The average Bonchev–Trinajstić information content (AvgIpc) is 2.28.